The van der Waals surface area contributed by atoms with Gasteiger partial charge in [-0.05, 0) is 50.0 Å². The number of hydrogen-bond donors (Lipinski definition) is 7. The van der Waals surface area contributed by atoms with Gasteiger partial charge in [0.25, 0.3) is 11.8 Å². The van der Waals surface area contributed by atoms with E-state index in [9.17, 15) is 39.6 Å². The number of hydroxylamine groups is 1. The van der Waals surface area contributed by atoms with Crippen LogP contribution in [0.25, 0.3) is 0 Å². The monoisotopic (exact) mass is 540 g/mol. The van der Waals surface area contributed by atoms with E-state index in [4.69, 9.17) is 10.6 Å². The number of rotatable bonds is 5. The Bertz CT molecular complexity index is 1430. The molecule has 3 aliphatic carbocycles. The summed E-state index contributed by atoms with van der Waals surface area (Å²) in [6, 6.07) is 1.79. The van der Waals surface area contributed by atoms with Gasteiger partial charge in [-0.1, -0.05) is 6.07 Å². The number of carbonyl (C=O) groups excluding carboxylic acids is 4. The van der Waals surface area contributed by atoms with Crippen molar-refractivity contribution in [1.82, 2.24) is 15.7 Å². The number of primary amides is 1. The summed E-state index contributed by atoms with van der Waals surface area (Å²) in [5.41, 5.74) is 5.34. The average Bonchev–Trinajstić information content (AvgIpc) is 3.40. The van der Waals surface area contributed by atoms with Gasteiger partial charge >= 0.3 is 0 Å². The Morgan fingerprint density at radius 1 is 1.23 bits per heavy atom. The quantitative estimate of drug-likeness (QED) is 0.229. The maximum Gasteiger partial charge on any atom is 0.255 e. The fraction of sp³-hybridized carbons (Fsp3) is 0.385. The van der Waals surface area contributed by atoms with Gasteiger partial charge in [0, 0.05) is 18.0 Å². The molecule has 13 nitrogen and oxygen atoms in total. The number of Topliss-reactive ketones (excluding diaryl/α,β-unsaturated/α-hetero) is 2. The number of nitrogens with two attached hydrogens (primary N) is 1. The number of aliphatic hydroxyl groups is 3. The van der Waals surface area contributed by atoms with Gasteiger partial charge in [-0.2, -0.15) is 5.48 Å². The predicted octanol–water partition coefficient (Wildman–Crippen LogP) is -0.844. The Morgan fingerprint density at radius 3 is 2.56 bits per heavy atom. The molecule has 0 aromatic heterocycles. The van der Waals surface area contributed by atoms with E-state index in [1.807, 2.05) is 0 Å². The Kier molecular flexibility index (Phi) is 6.24. The number of hydrogen-bond acceptors (Lipinski definition) is 11. The van der Waals surface area contributed by atoms with Crippen LogP contribution >= 0.6 is 0 Å². The second-order valence-electron chi connectivity index (χ2n) is 10.3. The summed E-state index contributed by atoms with van der Waals surface area (Å²) < 4.78 is 0. The van der Waals surface area contributed by atoms with E-state index in [2.05, 4.69) is 10.8 Å². The molecule has 0 bridgehead atoms. The van der Waals surface area contributed by atoms with Crippen molar-refractivity contribution in [2.24, 2.45) is 17.6 Å². The highest BCUT2D eigenvalue weighted by Crippen LogP contribution is 2.52. The first kappa shape index (κ1) is 26.4. The van der Waals surface area contributed by atoms with Gasteiger partial charge in [0.15, 0.2) is 11.4 Å². The Hall–Kier alpha value is -4.20. The zero-order valence-corrected chi connectivity index (χ0v) is 21.1. The number of carbonyl (C=O) groups is 4. The lowest BCUT2D eigenvalue weighted by molar-refractivity contribution is -0.148. The third-order valence-corrected chi connectivity index (χ3v) is 7.98. The van der Waals surface area contributed by atoms with E-state index in [1.165, 1.54) is 17.2 Å². The highest BCUT2D eigenvalue weighted by Gasteiger charge is 2.63. The van der Waals surface area contributed by atoms with Crippen LogP contribution in [-0.2, 0) is 32.2 Å². The molecule has 39 heavy (non-hydrogen) atoms. The molecule has 13 heteroatoms. The summed E-state index contributed by atoms with van der Waals surface area (Å²) >= 11 is 0. The molecular weight excluding hydrogens is 512 g/mol. The Labute approximate surface area is 222 Å². The number of nitrogens with zero attached hydrogens (tertiary/aromatic N) is 1. The summed E-state index contributed by atoms with van der Waals surface area (Å²) in [6.07, 6.45) is 1.39. The molecule has 1 heterocycles. The van der Waals surface area contributed by atoms with Crippen LogP contribution in [-0.4, -0.2) is 81.0 Å². The largest absolute Gasteiger partial charge is 0.510 e. The van der Waals surface area contributed by atoms with Crippen molar-refractivity contribution in [3.63, 3.8) is 0 Å². The minimum Gasteiger partial charge on any atom is -0.510 e. The van der Waals surface area contributed by atoms with Crippen LogP contribution in [0.5, 0.6) is 5.75 Å². The van der Waals surface area contributed by atoms with Crippen molar-refractivity contribution in [3.8, 4) is 5.75 Å². The lowest BCUT2D eigenvalue weighted by Gasteiger charge is -2.50. The summed E-state index contributed by atoms with van der Waals surface area (Å²) in [5.74, 6) is -7.51. The van der Waals surface area contributed by atoms with E-state index in [0.29, 0.717) is 16.7 Å². The van der Waals surface area contributed by atoms with E-state index < -0.39 is 58.0 Å². The third kappa shape index (κ3) is 3.80. The van der Waals surface area contributed by atoms with Crippen LogP contribution in [0, 0.1) is 11.8 Å². The van der Waals surface area contributed by atoms with Crippen LogP contribution < -0.4 is 16.5 Å². The Balaban J connectivity index is 1.58. The molecule has 1 aliphatic heterocycles. The summed E-state index contributed by atoms with van der Waals surface area (Å²) in [6.45, 7) is 0.254. The van der Waals surface area contributed by atoms with Crippen LogP contribution in [0.4, 0.5) is 0 Å². The van der Waals surface area contributed by atoms with Crippen LogP contribution in [0.15, 0.2) is 46.6 Å². The highest BCUT2D eigenvalue weighted by atomic mass is 16.6. The molecule has 4 aliphatic rings. The molecule has 2 amide bonds. The first-order chi connectivity index (χ1) is 18.4. The van der Waals surface area contributed by atoms with Crippen molar-refractivity contribution >= 4 is 23.4 Å². The number of phenols is 1. The highest BCUT2D eigenvalue weighted by molar-refractivity contribution is 6.24. The second-order valence-corrected chi connectivity index (χ2v) is 10.3. The maximum absolute atomic E-state index is 13.7. The number of phenolic OH excluding ortho intramolecular Hbond substituents is 1. The Morgan fingerprint density at radius 2 is 1.95 bits per heavy atom. The van der Waals surface area contributed by atoms with E-state index in [-0.39, 0.29) is 48.7 Å². The minimum absolute atomic E-state index is 0.0247. The van der Waals surface area contributed by atoms with Crippen molar-refractivity contribution in [3.05, 3.63) is 63.3 Å². The molecular formula is C26H28N4O9. The molecule has 1 aromatic carbocycles. The number of ketones is 2. The standard InChI is InChI=1S/C26H28N4O9/c1-30(2)19-14-6-11-5-13-10(7-28-25(37)12-8-29-39-9-12)3-4-15(31)17(13)20(32)16(11)22(34)26(14,38)23(35)18(21(19)33)24(27)36/h3-4,9,11,14,19,29,31,33-34,38H,5-8H2,1-2H3,(H2,27,36)(H,28,37)/t11-,14-,19-,26-/m0/s1. The average molecular weight is 541 g/mol. The molecule has 4 atom stereocenters. The maximum atomic E-state index is 13.7. The van der Waals surface area contributed by atoms with Gasteiger partial charge in [-0.15, -0.1) is 0 Å². The lowest BCUT2D eigenvalue weighted by Crippen LogP contribution is -2.63. The zero-order chi connectivity index (χ0) is 28.4. The number of nitrogens with one attached hydrogen (secondary N) is 2. The molecule has 206 valence electrons. The fourth-order valence-electron chi connectivity index (χ4n) is 6.18. The molecule has 0 fully saturated rings. The number of amides is 2. The van der Waals surface area contributed by atoms with Gasteiger partial charge in [0.05, 0.1) is 23.7 Å². The lowest BCUT2D eigenvalue weighted by atomic mass is 9.58. The van der Waals surface area contributed by atoms with Gasteiger partial charge < -0.3 is 36.3 Å². The van der Waals surface area contributed by atoms with Crippen LogP contribution in [0.3, 0.4) is 0 Å². The van der Waals surface area contributed by atoms with Crippen molar-refractivity contribution in [1.29, 1.82) is 0 Å². The number of aliphatic hydroxyl groups excluding tert-OH is 2. The normalized spacial score (nSPS) is 28.0. The number of fused-ring (bicyclic) bond motifs is 3. The molecule has 8 N–H and O–H groups in total. The zero-order valence-electron chi connectivity index (χ0n) is 21.1. The van der Waals surface area contributed by atoms with E-state index in [1.54, 1.807) is 20.2 Å². The molecule has 0 saturated heterocycles. The SMILES string of the molecule is CN(C)[C@@H]1C(O)=C(C(N)=O)C(=O)[C@@]2(O)C(O)=C3C(=O)c4c(O)ccc(CNC(=O)C5=CONC5)c4C[C@H]3C[C@@H]12. The number of allylic oxidation sites excluding steroid dienone is 1. The fourth-order valence-corrected chi connectivity index (χ4v) is 6.18. The molecule has 0 saturated carbocycles. The van der Waals surface area contributed by atoms with Crippen molar-refractivity contribution in [2.45, 2.75) is 31.0 Å². The number of benzene rings is 1. The molecule has 0 radical (unpaired) electrons. The smallest absolute Gasteiger partial charge is 0.255 e. The molecule has 1 aromatic rings. The first-order valence-corrected chi connectivity index (χ1v) is 12.2. The van der Waals surface area contributed by atoms with E-state index in [0.717, 1.165) is 0 Å². The van der Waals surface area contributed by atoms with Gasteiger partial charge in [-0.3, -0.25) is 24.1 Å². The predicted molar refractivity (Wildman–Crippen MR) is 133 cm³/mol. The first-order valence-electron chi connectivity index (χ1n) is 12.2. The van der Waals surface area contributed by atoms with Gasteiger partial charge in [0.2, 0.25) is 5.78 Å². The molecule has 0 unspecified atom stereocenters. The third-order valence-electron chi connectivity index (χ3n) is 7.98. The van der Waals surface area contributed by atoms with Crippen molar-refractivity contribution < 1.29 is 44.4 Å². The summed E-state index contributed by atoms with van der Waals surface area (Å²) in [5, 5.41) is 47.1. The summed E-state index contributed by atoms with van der Waals surface area (Å²) in [4.78, 5) is 57.9. The second kappa shape index (κ2) is 9.22. The van der Waals surface area contributed by atoms with Crippen LogP contribution in [0.2, 0.25) is 0 Å². The molecule has 5 rings (SSSR count). The number of likely N-dealkylation sites (N-methyl/N-ethyl adjacent to an activating group) is 1. The van der Waals surface area contributed by atoms with Gasteiger partial charge in [-0.25, -0.2) is 0 Å². The summed E-state index contributed by atoms with van der Waals surface area (Å²) in [7, 11) is 3.12. The van der Waals surface area contributed by atoms with Gasteiger partial charge in [0.1, 0.15) is 29.1 Å². The minimum atomic E-state index is -2.70. The van der Waals surface area contributed by atoms with Crippen LogP contribution in [0.1, 0.15) is 27.9 Å². The topological polar surface area (TPSA) is 212 Å². The molecule has 0 spiro atoms. The number of aromatic hydroxyl groups is 1. The van der Waals surface area contributed by atoms with E-state index >= 15 is 0 Å². The van der Waals surface area contributed by atoms with Crippen molar-refractivity contribution in [2.75, 3.05) is 20.6 Å².